The van der Waals surface area contributed by atoms with Crippen LogP contribution in [-0.4, -0.2) is 77.3 Å². The monoisotopic (exact) mass is 418 g/mol. The van der Waals surface area contributed by atoms with Crippen LogP contribution >= 0.6 is 0 Å². The second-order valence-electron chi connectivity index (χ2n) is 7.56. The summed E-state index contributed by atoms with van der Waals surface area (Å²) >= 11 is 0. The summed E-state index contributed by atoms with van der Waals surface area (Å²) < 4.78 is 25.5. The van der Waals surface area contributed by atoms with E-state index in [0.717, 1.165) is 16.5 Å². The SMILES string of the molecule is CCS(=O)(=O)N1CCN(C(=O)C2CCC(=O)N2Cc2c[nH]c3ccccc23)CC1. The molecular formula is C20H26N4O4S. The van der Waals surface area contributed by atoms with Crippen molar-refractivity contribution >= 4 is 32.7 Å². The van der Waals surface area contributed by atoms with Crippen LogP contribution in [0, 0.1) is 0 Å². The quantitative estimate of drug-likeness (QED) is 0.788. The normalized spacial score (nSPS) is 21.3. The van der Waals surface area contributed by atoms with Crippen molar-refractivity contribution in [1.82, 2.24) is 19.1 Å². The van der Waals surface area contributed by atoms with Crippen molar-refractivity contribution in [2.45, 2.75) is 32.4 Å². The maximum Gasteiger partial charge on any atom is 0.245 e. The number of para-hydroxylation sites is 1. The Morgan fingerprint density at radius 3 is 2.62 bits per heavy atom. The lowest BCUT2D eigenvalue weighted by Crippen LogP contribution is -2.55. The number of hydrogen-bond acceptors (Lipinski definition) is 4. The van der Waals surface area contributed by atoms with Gasteiger partial charge in [-0.3, -0.25) is 9.59 Å². The molecular weight excluding hydrogens is 392 g/mol. The van der Waals surface area contributed by atoms with E-state index in [1.165, 1.54) is 4.31 Å². The summed E-state index contributed by atoms with van der Waals surface area (Å²) in [6.45, 7) is 3.37. The van der Waals surface area contributed by atoms with Crippen LogP contribution in [0.3, 0.4) is 0 Å². The Balaban J connectivity index is 1.46. The fraction of sp³-hybridized carbons (Fsp3) is 0.500. The Morgan fingerprint density at radius 2 is 1.90 bits per heavy atom. The zero-order valence-corrected chi connectivity index (χ0v) is 17.3. The summed E-state index contributed by atoms with van der Waals surface area (Å²) in [5.41, 5.74) is 2.00. The molecule has 1 aromatic heterocycles. The van der Waals surface area contributed by atoms with Gasteiger partial charge in [0.2, 0.25) is 21.8 Å². The Hall–Kier alpha value is -2.39. The van der Waals surface area contributed by atoms with E-state index >= 15 is 0 Å². The van der Waals surface area contributed by atoms with E-state index in [-0.39, 0.29) is 17.6 Å². The molecule has 0 bridgehead atoms. The zero-order chi connectivity index (χ0) is 20.6. The maximum atomic E-state index is 13.1. The number of likely N-dealkylation sites (tertiary alicyclic amines) is 1. The fourth-order valence-electron chi connectivity index (χ4n) is 4.21. The second-order valence-corrected chi connectivity index (χ2v) is 9.82. The second kappa shape index (κ2) is 7.79. The number of carbonyl (C=O) groups is 2. The Labute approximate surface area is 170 Å². The van der Waals surface area contributed by atoms with Crippen molar-refractivity contribution in [3.8, 4) is 0 Å². The van der Waals surface area contributed by atoms with Crippen molar-refractivity contribution in [3.63, 3.8) is 0 Å². The highest BCUT2D eigenvalue weighted by Crippen LogP contribution is 2.27. The van der Waals surface area contributed by atoms with Gasteiger partial charge in [-0.25, -0.2) is 8.42 Å². The first kappa shape index (κ1) is 19.9. The van der Waals surface area contributed by atoms with E-state index in [1.54, 1.807) is 16.7 Å². The van der Waals surface area contributed by atoms with Crippen LogP contribution in [0.4, 0.5) is 0 Å². The Kier molecular flexibility index (Phi) is 5.35. The Bertz CT molecular complexity index is 1020. The molecule has 2 aromatic rings. The predicted octanol–water partition coefficient (Wildman–Crippen LogP) is 1.15. The molecule has 0 saturated carbocycles. The van der Waals surface area contributed by atoms with Crippen molar-refractivity contribution in [2.75, 3.05) is 31.9 Å². The van der Waals surface area contributed by atoms with E-state index in [0.29, 0.717) is 45.6 Å². The number of fused-ring (bicyclic) bond motifs is 1. The summed E-state index contributed by atoms with van der Waals surface area (Å²) in [5.74, 6) is -0.0266. The number of sulfonamides is 1. The third-order valence-corrected chi connectivity index (χ3v) is 7.82. The summed E-state index contributed by atoms with van der Waals surface area (Å²) in [7, 11) is -3.24. The van der Waals surface area contributed by atoms with Crippen LogP contribution in [0.1, 0.15) is 25.3 Å². The molecule has 4 rings (SSSR count). The highest BCUT2D eigenvalue weighted by molar-refractivity contribution is 7.89. The number of aromatic nitrogens is 1. The van der Waals surface area contributed by atoms with Crippen LogP contribution in [0.2, 0.25) is 0 Å². The molecule has 2 fully saturated rings. The average molecular weight is 419 g/mol. The molecule has 8 nitrogen and oxygen atoms in total. The molecule has 1 aromatic carbocycles. The van der Waals surface area contributed by atoms with Crippen LogP contribution < -0.4 is 0 Å². The molecule has 1 unspecified atom stereocenters. The molecule has 1 N–H and O–H groups in total. The number of rotatable bonds is 5. The van der Waals surface area contributed by atoms with Gasteiger partial charge in [-0.1, -0.05) is 18.2 Å². The van der Waals surface area contributed by atoms with Gasteiger partial charge in [-0.05, 0) is 25.0 Å². The van der Waals surface area contributed by atoms with Gasteiger partial charge in [-0.15, -0.1) is 0 Å². The smallest absolute Gasteiger partial charge is 0.245 e. The largest absolute Gasteiger partial charge is 0.361 e. The molecule has 156 valence electrons. The molecule has 9 heteroatoms. The lowest BCUT2D eigenvalue weighted by atomic mass is 10.1. The minimum Gasteiger partial charge on any atom is -0.361 e. The topological polar surface area (TPSA) is 93.8 Å². The standard InChI is InChI=1S/C20H26N4O4S/c1-2-29(27,28)23-11-9-22(10-12-23)20(26)18-7-8-19(25)24(18)14-15-13-21-17-6-4-3-5-16(15)17/h3-6,13,18,21H,2,7-12,14H2,1H3. The number of H-pyrrole nitrogens is 1. The van der Waals surface area contributed by atoms with Gasteiger partial charge < -0.3 is 14.8 Å². The van der Waals surface area contributed by atoms with Crippen molar-refractivity contribution in [1.29, 1.82) is 0 Å². The molecule has 2 saturated heterocycles. The minimum absolute atomic E-state index is 0.0131. The van der Waals surface area contributed by atoms with Crippen molar-refractivity contribution in [2.24, 2.45) is 0 Å². The van der Waals surface area contributed by atoms with Crippen molar-refractivity contribution < 1.29 is 18.0 Å². The molecule has 2 aliphatic heterocycles. The summed E-state index contributed by atoms with van der Waals surface area (Å²) in [5, 5.41) is 1.05. The van der Waals surface area contributed by atoms with Gasteiger partial charge in [0.25, 0.3) is 0 Å². The highest BCUT2D eigenvalue weighted by atomic mass is 32.2. The van der Waals surface area contributed by atoms with Gasteiger partial charge in [0.05, 0.1) is 5.75 Å². The molecule has 2 aliphatic rings. The third-order valence-electron chi connectivity index (χ3n) is 5.94. The maximum absolute atomic E-state index is 13.1. The number of nitrogens with one attached hydrogen (secondary N) is 1. The number of piperazine rings is 1. The number of amides is 2. The van der Waals surface area contributed by atoms with E-state index in [9.17, 15) is 18.0 Å². The van der Waals surface area contributed by atoms with E-state index in [4.69, 9.17) is 0 Å². The number of aromatic amines is 1. The number of carbonyl (C=O) groups excluding carboxylic acids is 2. The molecule has 3 heterocycles. The number of hydrogen-bond donors (Lipinski definition) is 1. The van der Waals surface area contributed by atoms with E-state index in [1.807, 2.05) is 30.5 Å². The average Bonchev–Trinajstić information content (AvgIpc) is 3.32. The molecule has 0 spiro atoms. The van der Waals surface area contributed by atoms with E-state index in [2.05, 4.69) is 4.98 Å². The van der Waals surface area contributed by atoms with Crippen LogP contribution in [0.5, 0.6) is 0 Å². The molecule has 0 aliphatic carbocycles. The van der Waals surface area contributed by atoms with Gasteiger partial charge >= 0.3 is 0 Å². The zero-order valence-electron chi connectivity index (χ0n) is 16.5. The van der Waals surface area contributed by atoms with E-state index < -0.39 is 16.1 Å². The summed E-state index contributed by atoms with van der Waals surface area (Å²) in [6, 6.07) is 7.42. The Morgan fingerprint density at radius 1 is 1.17 bits per heavy atom. The predicted molar refractivity (Wildman–Crippen MR) is 109 cm³/mol. The number of nitrogens with zero attached hydrogens (tertiary/aromatic N) is 3. The first-order valence-electron chi connectivity index (χ1n) is 10.0. The number of benzene rings is 1. The lowest BCUT2D eigenvalue weighted by molar-refractivity contribution is -0.142. The third kappa shape index (κ3) is 3.76. The molecule has 1 atom stereocenters. The summed E-state index contributed by atoms with van der Waals surface area (Å²) in [6.07, 6.45) is 2.77. The molecule has 0 radical (unpaired) electrons. The molecule has 2 amide bonds. The highest BCUT2D eigenvalue weighted by Gasteiger charge is 2.39. The fourth-order valence-corrected chi connectivity index (χ4v) is 5.30. The van der Waals surface area contributed by atoms with Crippen LogP contribution in [0.25, 0.3) is 10.9 Å². The first-order chi connectivity index (χ1) is 13.9. The van der Waals surface area contributed by atoms with Gasteiger partial charge in [-0.2, -0.15) is 4.31 Å². The van der Waals surface area contributed by atoms with Gasteiger partial charge in [0, 0.05) is 56.2 Å². The lowest BCUT2D eigenvalue weighted by Gasteiger charge is -2.36. The summed E-state index contributed by atoms with van der Waals surface area (Å²) in [4.78, 5) is 32.2. The van der Waals surface area contributed by atoms with Crippen LogP contribution in [0.15, 0.2) is 30.5 Å². The first-order valence-corrected chi connectivity index (χ1v) is 11.6. The van der Waals surface area contributed by atoms with Gasteiger partial charge in [0.15, 0.2) is 0 Å². The van der Waals surface area contributed by atoms with Crippen molar-refractivity contribution in [3.05, 3.63) is 36.0 Å². The molecule has 29 heavy (non-hydrogen) atoms. The van der Waals surface area contributed by atoms with Gasteiger partial charge in [0.1, 0.15) is 6.04 Å². The minimum atomic E-state index is -3.24. The van der Waals surface area contributed by atoms with Crippen LogP contribution in [-0.2, 0) is 26.2 Å².